The number of phenols is 1. The lowest BCUT2D eigenvalue weighted by Crippen LogP contribution is -2.47. The minimum Gasteiger partial charge on any atom is -0.507 e. The maximum atomic E-state index is 10.6. The normalized spacial score (nSPS) is 15.3. The molecular formula is C22H25F3N6O3. The molecule has 0 spiro atoms. The number of phenolic OH excluding ortho intramolecular Hbond substituents is 1. The van der Waals surface area contributed by atoms with E-state index in [9.17, 15) is 18.3 Å². The molecule has 34 heavy (non-hydrogen) atoms. The van der Waals surface area contributed by atoms with Crippen LogP contribution in [0.5, 0.6) is 5.75 Å². The Morgan fingerprint density at radius 3 is 2.53 bits per heavy atom. The van der Waals surface area contributed by atoms with Crippen LogP contribution in [0.15, 0.2) is 24.3 Å². The summed E-state index contributed by atoms with van der Waals surface area (Å²) in [5.74, 6) is 3.90. The highest BCUT2D eigenvalue weighted by molar-refractivity contribution is 5.75. The van der Waals surface area contributed by atoms with Crippen molar-refractivity contribution in [1.29, 1.82) is 5.41 Å². The van der Waals surface area contributed by atoms with Crippen molar-refractivity contribution in [3.8, 4) is 28.8 Å². The van der Waals surface area contributed by atoms with Gasteiger partial charge in [-0.1, -0.05) is 5.92 Å². The van der Waals surface area contributed by atoms with E-state index in [4.69, 9.17) is 21.0 Å². The lowest BCUT2D eigenvalue weighted by molar-refractivity contribution is -0.192. The number of nitrogens with two attached hydrogens (primary N) is 1. The van der Waals surface area contributed by atoms with Gasteiger partial charge in [-0.05, 0) is 56.5 Å². The second-order valence-corrected chi connectivity index (χ2v) is 7.49. The number of hydrogen-bond acceptors (Lipinski definition) is 6. The molecule has 0 unspecified atom stereocenters. The van der Waals surface area contributed by atoms with Gasteiger partial charge < -0.3 is 26.2 Å². The minimum absolute atomic E-state index is 0.103. The SMILES string of the molecule is CC#Cc1ccc(-c2nnc(N[C@@H]3CCCN(C(=N)N)C3)cc2C)c(O)c1.O=C(O)C(F)(F)F. The molecule has 1 aromatic heterocycles. The van der Waals surface area contributed by atoms with Crippen molar-refractivity contribution in [1.82, 2.24) is 15.1 Å². The molecule has 1 atom stereocenters. The summed E-state index contributed by atoms with van der Waals surface area (Å²) >= 11 is 0. The molecule has 1 aliphatic heterocycles. The molecule has 1 fully saturated rings. The number of aliphatic carboxylic acids is 1. The summed E-state index contributed by atoms with van der Waals surface area (Å²) < 4.78 is 31.7. The third kappa shape index (κ3) is 7.26. The Kier molecular flexibility index (Phi) is 8.66. The van der Waals surface area contributed by atoms with Crippen molar-refractivity contribution >= 4 is 17.7 Å². The topological polar surface area (TPSA) is 148 Å². The zero-order valence-corrected chi connectivity index (χ0v) is 18.6. The summed E-state index contributed by atoms with van der Waals surface area (Å²) in [6.45, 7) is 5.19. The highest BCUT2D eigenvalue weighted by atomic mass is 19.4. The third-order valence-electron chi connectivity index (χ3n) is 4.86. The molecule has 0 saturated carbocycles. The Morgan fingerprint density at radius 2 is 2.00 bits per heavy atom. The highest BCUT2D eigenvalue weighted by Crippen LogP contribution is 2.31. The summed E-state index contributed by atoms with van der Waals surface area (Å²) in [4.78, 5) is 10.8. The molecule has 0 radical (unpaired) electrons. The Bertz CT molecular complexity index is 1110. The van der Waals surface area contributed by atoms with Crippen LogP contribution in [-0.4, -0.2) is 62.5 Å². The number of carbonyl (C=O) groups is 1. The van der Waals surface area contributed by atoms with Gasteiger partial charge in [0.25, 0.3) is 0 Å². The number of aromatic hydroxyl groups is 1. The van der Waals surface area contributed by atoms with Crippen LogP contribution in [0.2, 0.25) is 0 Å². The Hall–Kier alpha value is -4.01. The fourth-order valence-electron chi connectivity index (χ4n) is 3.30. The fourth-order valence-corrected chi connectivity index (χ4v) is 3.30. The second kappa shape index (κ2) is 11.2. The molecule has 1 aromatic carbocycles. The quantitative estimate of drug-likeness (QED) is 0.257. The van der Waals surface area contributed by atoms with E-state index in [1.807, 2.05) is 30.0 Å². The maximum Gasteiger partial charge on any atom is 0.490 e. The molecular weight excluding hydrogens is 453 g/mol. The number of likely N-dealkylation sites (tertiary alicyclic amines) is 1. The number of nitrogens with zero attached hydrogens (tertiary/aromatic N) is 3. The summed E-state index contributed by atoms with van der Waals surface area (Å²) in [5, 5.41) is 37.0. The zero-order valence-electron chi connectivity index (χ0n) is 18.6. The number of aryl methyl sites for hydroxylation is 1. The summed E-state index contributed by atoms with van der Waals surface area (Å²) in [6.07, 6.45) is -3.12. The minimum atomic E-state index is -5.08. The highest BCUT2D eigenvalue weighted by Gasteiger charge is 2.38. The van der Waals surface area contributed by atoms with E-state index in [2.05, 4.69) is 27.4 Å². The average molecular weight is 478 g/mol. The van der Waals surface area contributed by atoms with Gasteiger partial charge in [-0.3, -0.25) is 5.41 Å². The molecule has 2 aromatic rings. The van der Waals surface area contributed by atoms with Gasteiger partial charge in [0.15, 0.2) is 5.96 Å². The van der Waals surface area contributed by atoms with Gasteiger partial charge in [-0.15, -0.1) is 16.1 Å². The van der Waals surface area contributed by atoms with E-state index < -0.39 is 12.1 Å². The van der Waals surface area contributed by atoms with Crippen LogP contribution in [0.25, 0.3) is 11.3 Å². The third-order valence-corrected chi connectivity index (χ3v) is 4.86. The van der Waals surface area contributed by atoms with Gasteiger partial charge in [0, 0.05) is 30.3 Å². The van der Waals surface area contributed by atoms with Crippen LogP contribution in [0.4, 0.5) is 19.0 Å². The number of carboxylic acids is 1. The lowest BCUT2D eigenvalue weighted by atomic mass is 10.0. The maximum absolute atomic E-state index is 10.6. The van der Waals surface area contributed by atoms with E-state index in [0.29, 0.717) is 23.6 Å². The number of halogens is 3. The molecule has 0 amide bonds. The zero-order chi connectivity index (χ0) is 25.5. The van der Waals surface area contributed by atoms with Crippen molar-refractivity contribution < 1.29 is 28.2 Å². The van der Waals surface area contributed by atoms with Crippen molar-refractivity contribution in [3.05, 3.63) is 35.4 Å². The number of rotatable bonds is 3. The number of alkyl halides is 3. The number of aromatic nitrogens is 2. The molecule has 2 heterocycles. The smallest absolute Gasteiger partial charge is 0.490 e. The van der Waals surface area contributed by atoms with Crippen LogP contribution < -0.4 is 11.1 Å². The van der Waals surface area contributed by atoms with Crippen molar-refractivity contribution in [2.24, 2.45) is 5.73 Å². The van der Waals surface area contributed by atoms with Crippen LogP contribution in [0.3, 0.4) is 0 Å². The molecule has 1 aliphatic rings. The van der Waals surface area contributed by atoms with Gasteiger partial charge >= 0.3 is 12.1 Å². The number of benzene rings is 1. The number of guanidine groups is 1. The largest absolute Gasteiger partial charge is 0.507 e. The van der Waals surface area contributed by atoms with Crippen LogP contribution in [0.1, 0.15) is 30.9 Å². The molecule has 1 saturated heterocycles. The van der Waals surface area contributed by atoms with Gasteiger partial charge in [0.2, 0.25) is 0 Å². The number of nitrogens with one attached hydrogen (secondary N) is 2. The average Bonchev–Trinajstić information content (AvgIpc) is 2.75. The summed E-state index contributed by atoms with van der Waals surface area (Å²) in [7, 11) is 0. The first-order valence-electron chi connectivity index (χ1n) is 10.2. The molecule has 3 rings (SSSR count). The van der Waals surface area contributed by atoms with Gasteiger partial charge in [0.1, 0.15) is 11.6 Å². The van der Waals surface area contributed by atoms with Gasteiger partial charge in [-0.25, -0.2) is 4.79 Å². The fraction of sp³-hybridized carbons (Fsp3) is 0.364. The first-order chi connectivity index (χ1) is 15.9. The van der Waals surface area contributed by atoms with E-state index in [1.165, 1.54) is 0 Å². The lowest BCUT2D eigenvalue weighted by Gasteiger charge is -2.33. The van der Waals surface area contributed by atoms with Gasteiger partial charge in [-0.2, -0.15) is 13.2 Å². The van der Waals surface area contributed by atoms with E-state index >= 15 is 0 Å². The van der Waals surface area contributed by atoms with E-state index in [1.54, 1.807) is 13.0 Å². The number of piperidine rings is 1. The number of anilines is 1. The molecule has 0 bridgehead atoms. The molecule has 182 valence electrons. The van der Waals surface area contributed by atoms with Crippen molar-refractivity contribution in [3.63, 3.8) is 0 Å². The Morgan fingerprint density at radius 1 is 1.32 bits per heavy atom. The van der Waals surface area contributed by atoms with Crippen molar-refractivity contribution in [2.45, 2.75) is 38.9 Å². The van der Waals surface area contributed by atoms with E-state index in [0.717, 1.165) is 30.5 Å². The number of carboxylic acid groups (broad SMARTS) is 1. The molecule has 0 aliphatic carbocycles. The van der Waals surface area contributed by atoms with Crippen LogP contribution in [-0.2, 0) is 4.79 Å². The Labute approximate surface area is 194 Å². The standard InChI is InChI=1S/C20H24N6O.C2HF3O2/c1-3-5-14-7-8-16(17(27)11-14)19-13(2)10-18(24-25-19)23-15-6-4-9-26(12-15)20(21)22;3-2(4,5)1(6)7/h7-8,10-11,15,27H,4,6,9,12H2,1-2H3,(H3,21,22)(H,23,24);(H,6,7)/t15-;/m1./s1. The molecule has 12 heteroatoms. The van der Waals surface area contributed by atoms with Crippen LogP contribution >= 0.6 is 0 Å². The van der Waals surface area contributed by atoms with Crippen molar-refractivity contribution in [2.75, 3.05) is 18.4 Å². The van der Waals surface area contributed by atoms with Crippen LogP contribution in [0, 0.1) is 24.2 Å². The van der Waals surface area contributed by atoms with E-state index in [-0.39, 0.29) is 17.8 Å². The van der Waals surface area contributed by atoms with Gasteiger partial charge in [0.05, 0.1) is 5.69 Å². The Balaban J connectivity index is 0.000000509. The molecule has 9 nitrogen and oxygen atoms in total. The predicted octanol–water partition coefficient (Wildman–Crippen LogP) is 2.93. The molecule has 6 N–H and O–H groups in total. The summed E-state index contributed by atoms with van der Waals surface area (Å²) in [6, 6.07) is 7.40. The first-order valence-corrected chi connectivity index (χ1v) is 10.2. The first kappa shape index (κ1) is 26.2. The monoisotopic (exact) mass is 478 g/mol. The number of hydrogen-bond donors (Lipinski definition) is 5. The summed E-state index contributed by atoms with van der Waals surface area (Å²) in [5.41, 5.74) is 8.54. The second-order valence-electron chi connectivity index (χ2n) is 7.49. The predicted molar refractivity (Wildman–Crippen MR) is 120 cm³/mol.